The molecule has 2 unspecified atom stereocenters. The van der Waals surface area contributed by atoms with Crippen molar-refractivity contribution in [2.24, 2.45) is 0 Å². The van der Waals surface area contributed by atoms with Gasteiger partial charge in [0.05, 0.1) is 19.5 Å². The maximum atomic E-state index is 10.0. The van der Waals surface area contributed by atoms with Gasteiger partial charge in [-0.05, 0) is 24.1 Å². The van der Waals surface area contributed by atoms with Gasteiger partial charge in [0.15, 0.2) is 0 Å². The van der Waals surface area contributed by atoms with Crippen molar-refractivity contribution >= 4 is 0 Å². The second-order valence-electron chi connectivity index (χ2n) is 5.48. The minimum Gasteiger partial charge on any atom is -0.497 e. The van der Waals surface area contributed by atoms with Gasteiger partial charge in [0, 0.05) is 38.1 Å². The Kier molecular flexibility index (Phi) is 4.22. The monoisotopic (exact) mass is 287 g/mol. The first-order valence-corrected chi connectivity index (χ1v) is 7.28. The van der Waals surface area contributed by atoms with Crippen LogP contribution in [0.5, 0.6) is 5.75 Å². The van der Waals surface area contributed by atoms with E-state index in [1.807, 2.05) is 24.7 Å². The van der Waals surface area contributed by atoms with E-state index in [9.17, 15) is 5.11 Å². The Morgan fingerprint density at radius 3 is 3.05 bits per heavy atom. The van der Waals surface area contributed by atoms with Crippen molar-refractivity contribution in [1.82, 2.24) is 14.5 Å². The Morgan fingerprint density at radius 2 is 2.29 bits per heavy atom. The minimum atomic E-state index is -0.260. The summed E-state index contributed by atoms with van der Waals surface area (Å²) in [5.74, 6) is 0.864. The smallest absolute Gasteiger partial charge is 0.119 e. The van der Waals surface area contributed by atoms with Crippen LogP contribution in [0.1, 0.15) is 18.0 Å². The van der Waals surface area contributed by atoms with E-state index in [-0.39, 0.29) is 12.1 Å². The SMILES string of the molecule is COc1cccc(C2CC(O)CN2CCn2ccnc2)c1. The lowest BCUT2D eigenvalue weighted by atomic mass is 10.0. The molecule has 3 rings (SSSR count). The van der Waals surface area contributed by atoms with Gasteiger partial charge < -0.3 is 14.4 Å². The maximum Gasteiger partial charge on any atom is 0.119 e. The summed E-state index contributed by atoms with van der Waals surface area (Å²) in [5.41, 5.74) is 1.21. The zero-order valence-corrected chi connectivity index (χ0v) is 12.2. The summed E-state index contributed by atoms with van der Waals surface area (Å²) < 4.78 is 7.36. The third-order valence-corrected chi connectivity index (χ3v) is 4.06. The molecule has 1 saturated heterocycles. The summed E-state index contributed by atoms with van der Waals surface area (Å²) in [6, 6.07) is 8.37. The molecule has 1 aliphatic rings. The number of aliphatic hydroxyl groups is 1. The van der Waals surface area contributed by atoms with Crippen molar-refractivity contribution in [1.29, 1.82) is 0 Å². The van der Waals surface area contributed by atoms with E-state index < -0.39 is 0 Å². The number of benzene rings is 1. The van der Waals surface area contributed by atoms with Crippen molar-refractivity contribution < 1.29 is 9.84 Å². The number of aliphatic hydroxyl groups excluding tert-OH is 1. The molecular weight excluding hydrogens is 266 g/mol. The predicted octanol–water partition coefficient (Wildman–Crippen LogP) is 1.70. The fourth-order valence-electron chi connectivity index (χ4n) is 2.98. The van der Waals surface area contributed by atoms with Gasteiger partial charge in [0.25, 0.3) is 0 Å². The van der Waals surface area contributed by atoms with Gasteiger partial charge in [-0.3, -0.25) is 4.90 Å². The van der Waals surface area contributed by atoms with Crippen molar-refractivity contribution in [3.05, 3.63) is 48.5 Å². The number of methoxy groups -OCH3 is 1. The molecule has 112 valence electrons. The highest BCUT2D eigenvalue weighted by Crippen LogP contribution is 2.33. The van der Waals surface area contributed by atoms with Crippen LogP contribution >= 0.6 is 0 Å². The molecule has 2 heterocycles. The quantitative estimate of drug-likeness (QED) is 0.909. The number of imidazole rings is 1. The molecule has 2 atom stereocenters. The minimum absolute atomic E-state index is 0.249. The Labute approximate surface area is 124 Å². The number of rotatable bonds is 5. The average molecular weight is 287 g/mol. The number of nitrogens with zero attached hydrogens (tertiary/aromatic N) is 3. The highest BCUT2D eigenvalue weighted by molar-refractivity contribution is 5.31. The molecule has 0 bridgehead atoms. The number of aromatic nitrogens is 2. The first-order chi connectivity index (χ1) is 10.3. The number of hydrogen-bond acceptors (Lipinski definition) is 4. The van der Waals surface area contributed by atoms with Crippen LogP contribution in [0.2, 0.25) is 0 Å². The fourth-order valence-corrected chi connectivity index (χ4v) is 2.98. The first-order valence-electron chi connectivity index (χ1n) is 7.28. The van der Waals surface area contributed by atoms with Gasteiger partial charge in [-0.2, -0.15) is 0 Å². The molecular formula is C16H21N3O2. The molecule has 5 nitrogen and oxygen atoms in total. The van der Waals surface area contributed by atoms with Gasteiger partial charge in [0.2, 0.25) is 0 Å². The predicted molar refractivity (Wildman–Crippen MR) is 80.2 cm³/mol. The van der Waals surface area contributed by atoms with Gasteiger partial charge in [-0.25, -0.2) is 4.98 Å². The van der Waals surface area contributed by atoms with Crippen molar-refractivity contribution in [2.75, 3.05) is 20.2 Å². The molecule has 0 saturated carbocycles. The second kappa shape index (κ2) is 6.28. The molecule has 0 aliphatic carbocycles. The summed E-state index contributed by atoms with van der Waals surface area (Å²) in [6.45, 7) is 2.50. The zero-order valence-electron chi connectivity index (χ0n) is 12.2. The largest absolute Gasteiger partial charge is 0.497 e. The molecule has 0 amide bonds. The molecule has 1 aromatic heterocycles. The van der Waals surface area contributed by atoms with E-state index in [1.165, 1.54) is 5.56 Å². The van der Waals surface area contributed by atoms with Crippen LogP contribution in [-0.4, -0.2) is 45.9 Å². The molecule has 21 heavy (non-hydrogen) atoms. The van der Waals surface area contributed by atoms with Crippen LogP contribution in [-0.2, 0) is 6.54 Å². The van der Waals surface area contributed by atoms with Crippen molar-refractivity contribution in [3.8, 4) is 5.75 Å². The summed E-state index contributed by atoms with van der Waals surface area (Å²) in [4.78, 5) is 6.39. The summed E-state index contributed by atoms with van der Waals surface area (Å²) in [7, 11) is 1.68. The molecule has 1 aromatic carbocycles. The van der Waals surface area contributed by atoms with E-state index in [2.05, 4.69) is 26.6 Å². The van der Waals surface area contributed by atoms with Crippen molar-refractivity contribution in [2.45, 2.75) is 25.1 Å². The lowest BCUT2D eigenvalue weighted by Gasteiger charge is -2.24. The Hall–Kier alpha value is -1.85. The number of β-amino-alcohol motifs (C(OH)–C–C–N with tert-alkyl or cyclic N) is 1. The third kappa shape index (κ3) is 3.25. The highest BCUT2D eigenvalue weighted by atomic mass is 16.5. The summed E-state index contributed by atoms with van der Waals surface area (Å²) >= 11 is 0. The second-order valence-corrected chi connectivity index (χ2v) is 5.48. The van der Waals surface area contributed by atoms with E-state index in [0.717, 1.165) is 31.8 Å². The third-order valence-electron chi connectivity index (χ3n) is 4.06. The Balaban J connectivity index is 1.72. The molecule has 0 spiro atoms. The van der Waals surface area contributed by atoms with Crippen LogP contribution in [0.15, 0.2) is 43.0 Å². The fraction of sp³-hybridized carbons (Fsp3) is 0.438. The molecule has 1 aliphatic heterocycles. The van der Waals surface area contributed by atoms with Crippen LogP contribution in [0.25, 0.3) is 0 Å². The van der Waals surface area contributed by atoms with Gasteiger partial charge in [-0.1, -0.05) is 12.1 Å². The molecule has 5 heteroatoms. The Bertz CT molecular complexity index is 571. The van der Waals surface area contributed by atoms with Crippen LogP contribution in [0.4, 0.5) is 0 Å². The van der Waals surface area contributed by atoms with Gasteiger partial charge in [0.1, 0.15) is 5.75 Å². The number of ether oxygens (including phenoxy) is 1. The normalized spacial score (nSPS) is 22.6. The first kappa shape index (κ1) is 14.1. The zero-order chi connectivity index (χ0) is 14.7. The van der Waals surface area contributed by atoms with Crippen LogP contribution in [0.3, 0.4) is 0 Å². The molecule has 1 fully saturated rings. The summed E-state index contributed by atoms with van der Waals surface area (Å²) in [6.07, 6.45) is 6.10. The summed E-state index contributed by atoms with van der Waals surface area (Å²) in [5, 5.41) is 10.0. The molecule has 2 aromatic rings. The van der Waals surface area contributed by atoms with Crippen LogP contribution in [0, 0.1) is 0 Å². The average Bonchev–Trinajstić information content (AvgIpc) is 3.14. The van der Waals surface area contributed by atoms with Gasteiger partial charge in [-0.15, -0.1) is 0 Å². The van der Waals surface area contributed by atoms with E-state index >= 15 is 0 Å². The number of hydrogen-bond donors (Lipinski definition) is 1. The Morgan fingerprint density at radius 1 is 1.38 bits per heavy atom. The maximum absolute atomic E-state index is 10.0. The number of likely N-dealkylation sites (tertiary alicyclic amines) is 1. The van der Waals surface area contributed by atoms with Gasteiger partial charge >= 0.3 is 0 Å². The topological polar surface area (TPSA) is 50.5 Å². The lowest BCUT2D eigenvalue weighted by Crippen LogP contribution is -2.28. The van der Waals surface area contributed by atoms with E-state index in [4.69, 9.17) is 4.74 Å². The van der Waals surface area contributed by atoms with E-state index in [0.29, 0.717) is 0 Å². The van der Waals surface area contributed by atoms with Crippen LogP contribution < -0.4 is 4.74 Å². The van der Waals surface area contributed by atoms with E-state index in [1.54, 1.807) is 13.3 Å². The highest BCUT2D eigenvalue weighted by Gasteiger charge is 2.31. The lowest BCUT2D eigenvalue weighted by molar-refractivity contribution is 0.173. The molecule has 0 radical (unpaired) electrons. The standard InChI is InChI=1S/C16H21N3O2/c1-21-15-4-2-3-13(9-15)16-10-14(20)11-19(16)8-7-18-6-5-17-12-18/h2-6,9,12,14,16,20H,7-8,10-11H2,1H3. The molecule has 1 N–H and O–H groups in total. The van der Waals surface area contributed by atoms with Crippen molar-refractivity contribution in [3.63, 3.8) is 0 Å².